The second-order valence-corrected chi connectivity index (χ2v) is 5.86. The number of piperazine rings is 1. The molecule has 0 radical (unpaired) electrons. The molecule has 1 fully saturated rings. The summed E-state index contributed by atoms with van der Waals surface area (Å²) in [4.78, 5) is 14.4. The number of aliphatic imine (C=N–C) groups is 1. The molecule has 0 saturated carbocycles. The molecule has 0 N–H and O–H groups in total. The van der Waals surface area contributed by atoms with E-state index in [4.69, 9.17) is 4.99 Å². The number of hydrogen-bond donors (Lipinski definition) is 0. The summed E-state index contributed by atoms with van der Waals surface area (Å²) < 4.78 is 2.21. The van der Waals surface area contributed by atoms with E-state index in [1.807, 2.05) is 6.20 Å². The first-order chi connectivity index (χ1) is 10.8. The Hall–Kier alpha value is -2.14. The zero-order valence-electron chi connectivity index (χ0n) is 12.9. The SMILES string of the molecule is CCN1CCN(C2=Nc3ccccc3Cn3ccnc32)CC1. The Morgan fingerprint density at radius 3 is 2.73 bits per heavy atom. The number of hydrogen-bond acceptors (Lipinski definition) is 4. The third kappa shape index (κ3) is 2.31. The lowest BCUT2D eigenvalue weighted by atomic mass is 10.2. The molecule has 4 rings (SSSR count). The van der Waals surface area contributed by atoms with E-state index in [0.717, 1.165) is 56.6 Å². The molecule has 0 amide bonds. The van der Waals surface area contributed by atoms with Crippen molar-refractivity contribution < 1.29 is 0 Å². The van der Waals surface area contributed by atoms with E-state index in [0.29, 0.717) is 0 Å². The van der Waals surface area contributed by atoms with Gasteiger partial charge in [-0.25, -0.2) is 9.98 Å². The summed E-state index contributed by atoms with van der Waals surface area (Å²) in [6.45, 7) is 8.41. The highest BCUT2D eigenvalue weighted by atomic mass is 15.3. The molecule has 22 heavy (non-hydrogen) atoms. The van der Waals surface area contributed by atoms with E-state index in [1.165, 1.54) is 5.56 Å². The predicted octanol–water partition coefficient (Wildman–Crippen LogP) is 1.96. The van der Waals surface area contributed by atoms with E-state index < -0.39 is 0 Å². The first kappa shape index (κ1) is 13.5. The maximum atomic E-state index is 4.97. The van der Waals surface area contributed by atoms with Crippen LogP contribution >= 0.6 is 0 Å². The molecule has 2 aromatic rings. The van der Waals surface area contributed by atoms with Crippen LogP contribution in [-0.2, 0) is 6.54 Å². The number of imidazole rings is 1. The first-order valence-electron chi connectivity index (χ1n) is 8.00. The fraction of sp³-hybridized carbons (Fsp3) is 0.412. The Morgan fingerprint density at radius 1 is 1.09 bits per heavy atom. The van der Waals surface area contributed by atoms with Gasteiger partial charge in [0, 0.05) is 38.6 Å². The van der Waals surface area contributed by atoms with Gasteiger partial charge in [-0.2, -0.15) is 0 Å². The zero-order valence-corrected chi connectivity index (χ0v) is 12.9. The van der Waals surface area contributed by atoms with Gasteiger partial charge in [0.05, 0.1) is 12.2 Å². The molecule has 2 aliphatic rings. The van der Waals surface area contributed by atoms with Gasteiger partial charge in [0.2, 0.25) is 0 Å². The lowest BCUT2D eigenvalue weighted by Crippen LogP contribution is -2.49. The molecule has 1 aromatic carbocycles. The van der Waals surface area contributed by atoms with Crippen molar-refractivity contribution in [1.82, 2.24) is 19.4 Å². The summed E-state index contributed by atoms with van der Waals surface area (Å²) in [7, 11) is 0. The Balaban J connectivity index is 1.73. The molecule has 0 unspecified atom stereocenters. The fourth-order valence-corrected chi connectivity index (χ4v) is 3.23. The van der Waals surface area contributed by atoms with Gasteiger partial charge in [-0.1, -0.05) is 25.1 Å². The largest absolute Gasteiger partial charge is 0.351 e. The normalized spacial score (nSPS) is 18.4. The third-order valence-corrected chi connectivity index (χ3v) is 4.59. The van der Waals surface area contributed by atoms with Crippen LogP contribution in [0.4, 0.5) is 5.69 Å². The molecular formula is C17H21N5. The van der Waals surface area contributed by atoms with Gasteiger partial charge in [-0.05, 0) is 18.2 Å². The number of rotatable bonds is 1. The van der Waals surface area contributed by atoms with Crippen LogP contribution in [0.1, 0.15) is 18.3 Å². The van der Waals surface area contributed by atoms with Crippen molar-refractivity contribution in [3.05, 3.63) is 48.0 Å². The van der Waals surface area contributed by atoms with Crippen molar-refractivity contribution in [2.45, 2.75) is 13.5 Å². The van der Waals surface area contributed by atoms with Crippen LogP contribution < -0.4 is 0 Å². The van der Waals surface area contributed by atoms with Gasteiger partial charge in [0.15, 0.2) is 11.7 Å². The van der Waals surface area contributed by atoms with Crippen molar-refractivity contribution in [2.24, 2.45) is 4.99 Å². The van der Waals surface area contributed by atoms with Gasteiger partial charge >= 0.3 is 0 Å². The van der Waals surface area contributed by atoms with E-state index in [9.17, 15) is 0 Å². The Kier molecular flexibility index (Phi) is 3.42. The number of likely N-dealkylation sites (N-methyl/N-ethyl adjacent to an activating group) is 1. The van der Waals surface area contributed by atoms with Crippen LogP contribution in [0.25, 0.3) is 0 Å². The minimum absolute atomic E-state index is 0.841. The van der Waals surface area contributed by atoms with Crippen molar-refractivity contribution in [1.29, 1.82) is 0 Å². The molecule has 0 bridgehead atoms. The summed E-state index contributed by atoms with van der Waals surface area (Å²) in [5, 5.41) is 0. The maximum Gasteiger partial charge on any atom is 0.176 e. The third-order valence-electron chi connectivity index (χ3n) is 4.59. The first-order valence-corrected chi connectivity index (χ1v) is 8.00. The van der Waals surface area contributed by atoms with Gasteiger partial charge < -0.3 is 14.4 Å². The van der Waals surface area contributed by atoms with Gasteiger partial charge in [-0.15, -0.1) is 0 Å². The summed E-state index contributed by atoms with van der Waals surface area (Å²) >= 11 is 0. The van der Waals surface area contributed by atoms with Gasteiger partial charge in [0.25, 0.3) is 0 Å². The van der Waals surface area contributed by atoms with E-state index in [2.05, 4.69) is 56.7 Å². The fourth-order valence-electron chi connectivity index (χ4n) is 3.23. The van der Waals surface area contributed by atoms with Crippen LogP contribution in [0.5, 0.6) is 0 Å². The maximum absolute atomic E-state index is 4.97. The van der Waals surface area contributed by atoms with E-state index in [1.54, 1.807) is 0 Å². The highest BCUT2D eigenvalue weighted by molar-refractivity contribution is 5.98. The highest BCUT2D eigenvalue weighted by Crippen LogP contribution is 2.25. The zero-order chi connectivity index (χ0) is 14.9. The topological polar surface area (TPSA) is 36.7 Å². The molecule has 3 heterocycles. The average molecular weight is 295 g/mol. The molecule has 5 heteroatoms. The molecule has 0 aliphatic carbocycles. The minimum atomic E-state index is 0.841. The molecule has 1 aromatic heterocycles. The molecule has 1 saturated heterocycles. The van der Waals surface area contributed by atoms with Crippen LogP contribution in [-0.4, -0.2) is 57.9 Å². The van der Waals surface area contributed by atoms with E-state index >= 15 is 0 Å². The Labute approximate surface area is 130 Å². The summed E-state index contributed by atoms with van der Waals surface area (Å²) in [5.41, 5.74) is 2.32. The lowest BCUT2D eigenvalue weighted by Gasteiger charge is -2.35. The monoisotopic (exact) mass is 295 g/mol. The van der Waals surface area contributed by atoms with E-state index in [-0.39, 0.29) is 0 Å². The lowest BCUT2D eigenvalue weighted by molar-refractivity contribution is 0.189. The quantitative estimate of drug-likeness (QED) is 0.807. The summed E-state index contributed by atoms with van der Waals surface area (Å²) in [6, 6.07) is 8.39. The standard InChI is InChI=1S/C17H21N5/c1-2-20-9-11-21(12-10-20)17-16-18-7-8-22(16)13-14-5-3-4-6-15(14)19-17/h3-8H,2,9-13H2,1H3. The predicted molar refractivity (Wildman–Crippen MR) is 87.7 cm³/mol. The second-order valence-electron chi connectivity index (χ2n) is 5.86. The van der Waals surface area contributed by atoms with Gasteiger partial charge in [-0.3, -0.25) is 0 Å². The second kappa shape index (κ2) is 5.57. The molecule has 114 valence electrons. The number of nitrogens with zero attached hydrogens (tertiary/aromatic N) is 5. The smallest absolute Gasteiger partial charge is 0.176 e. The summed E-state index contributed by atoms with van der Waals surface area (Å²) in [6.07, 6.45) is 3.93. The minimum Gasteiger partial charge on any atom is -0.351 e. The average Bonchev–Trinajstić information content (AvgIpc) is 2.96. The molecular weight excluding hydrogens is 274 g/mol. The molecule has 5 nitrogen and oxygen atoms in total. The molecule has 0 atom stereocenters. The molecule has 0 spiro atoms. The number of aromatic nitrogens is 2. The van der Waals surface area contributed by atoms with Crippen LogP contribution in [0.15, 0.2) is 41.7 Å². The van der Waals surface area contributed by atoms with Crippen molar-refractivity contribution in [3.8, 4) is 0 Å². The van der Waals surface area contributed by atoms with Crippen molar-refractivity contribution in [3.63, 3.8) is 0 Å². The van der Waals surface area contributed by atoms with Crippen LogP contribution in [0.2, 0.25) is 0 Å². The van der Waals surface area contributed by atoms with Crippen LogP contribution in [0, 0.1) is 0 Å². The number of benzene rings is 1. The Bertz CT molecular complexity index is 695. The number of para-hydroxylation sites is 1. The Morgan fingerprint density at radius 2 is 1.91 bits per heavy atom. The highest BCUT2D eigenvalue weighted by Gasteiger charge is 2.25. The molecule has 2 aliphatic heterocycles. The van der Waals surface area contributed by atoms with Crippen molar-refractivity contribution in [2.75, 3.05) is 32.7 Å². The van der Waals surface area contributed by atoms with Gasteiger partial charge in [0.1, 0.15) is 0 Å². The van der Waals surface area contributed by atoms with Crippen LogP contribution in [0.3, 0.4) is 0 Å². The van der Waals surface area contributed by atoms with Crippen molar-refractivity contribution >= 4 is 11.5 Å². The summed E-state index contributed by atoms with van der Waals surface area (Å²) in [5.74, 6) is 2.01. The number of fused-ring (bicyclic) bond motifs is 2. The number of amidine groups is 1.